The summed E-state index contributed by atoms with van der Waals surface area (Å²) in [7, 11) is 0. The van der Waals surface area contributed by atoms with Crippen LogP contribution in [0.1, 0.15) is 31.1 Å². The lowest BCUT2D eigenvalue weighted by Gasteiger charge is -2.36. The van der Waals surface area contributed by atoms with Crippen molar-refractivity contribution in [3.8, 4) is 5.75 Å². The van der Waals surface area contributed by atoms with Crippen molar-refractivity contribution in [2.24, 2.45) is 11.8 Å². The summed E-state index contributed by atoms with van der Waals surface area (Å²) in [6.45, 7) is -0.885. The van der Waals surface area contributed by atoms with Crippen LogP contribution in [0.25, 0.3) is 0 Å². The zero-order chi connectivity index (χ0) is 36.7. The van der Waals surface area contributed by atoms with Crippen molar-refractivity contribution < 1.29 is 33.6 Å². The number of hydrazine groups is 1. The summed E-state index contributed by atoms with van der Waals surface area (Å²) in [5.41, 5.74) is -0.368. The van der Waals surface area contributed by atoms with E-state index in [1.165, 1.54) is 54.6 Å². The third kappa shape index (κ3) is 5.28. The molecular weight excluding hydrogens is 826 g/mol. The molecule has 0 spiro atoms. The molecule has 19 heteroatoms. The predicted octanol–water partition coefficient (Wildman–Crippen LogP) is 7.81. The fourth-order valence-electron chi connectivity index (χ4n) is 6.05. The first-order chi connectivity index (χ1) is 23.4. The van der Waals surface area contributed by atoms with Crippen LogP contribution in [0.2, 0.25) is 10.0 Å². The molecule has 2 bridgehead atoms. The van der Waals surface area contributed by atoms with Gasteiger partial charge in [-0.15, -0.1) is 23.2 Å². The monoisotopic (exact) mass is 837 g/mol. The molecule has 6 rings (SSSR count). The number of alkyl halides is 4. The molecule has 0 aromatic heterocycles. The minimum atomic E-state index is -2.23. The average molecular weight is 841 g/mol. The van der Waals surface area contributed by atoms with E-state index in [-0.39, 0.29) is 48.2 Å². The number of imide groups is 1. The highest BCUT2D eigenvalue weighted by atomic mass is 35.5. The molecule has 11 nitrogen and oxygen atoms in total. The molecule has 4 atom stereocenters. The van der Waals surface area contributed by atoms with Crippen LogP contribution < -0.4 is 4.74 Å². The van der Waals surface area contributed by atoms with Crippen LogP contribution in [0.5, 0.6) is 5.75 Å². The summed E-state index contributed by atoms with van der Waals surface area (Å²) < 4.78 is 3.05. The number of ketones is 1. The number of nitro benzene ring substituents is 1. The molecule has 3 aliphatic rings. The summed E-state index contributed by atoms with van der Waals surface area (Å²) in [4.78, 5) is 74.3. The van der Waals surface area contributed by atoms with Gasteiger partial charge in [0.05, 0.1) is 42.4 Å². The van der Waals surface area contributed by atoms with Crippen molar-refractivity contribution in [3.63, 3.8) is 0 Å². The van der Waals surface area contributed by atoms with Gasteiger partial charge >= 0.3 is 5.97 Å². The third-order valence-corrected chi connectivity index (χ3v) is 13.5. The van der Waals surface area contributed by atoms with E-state index in [0.717, 1.165) is 12.1 Å². The van der Waals surface area contributed by atoms with Gasteiger partial charge in [0.25, 0.3) is 23.4 Å². The van der Waals surface area contributed by atoms with Crippen LogP contribution in [0.4, 0.5) is 5.69 Å². The predicted molar refractivity (Wildman–Crippen MR) is 185 cm³/mol. The maximum Gasteiger partial charge on any atom is 0.343 e. The van der Waals surface area contributed by atoms with Gasteiger partial charge in [-0.3, -0.25) is 29.3 Å². The number of fused-ring (bicyclic) bond motifs is 5. The van der Waals surface area contributed by atoms with E-state index in [4.69, 9.17) is 97.5 Å². The summed E-state index contributed by atoms with van der Waals surface area (Å²) in [6, 6.07) is 13.5. The van der Waals surface area contributed by atoms with Crippen molar-refractivity contribution in [3.05, 3.63) is 114 Å². The second-order valence-corrected chi connectivity index (χ2v) is 15.3. The minimum Gasteiger partial charge on any atom is -0.423 e. The molecule has 0 unspecified atom stereocenters. The molecule has 50 heavy (non-hydrogen) atoms. The summed E-state index contributed by atoms with van der Waals surface area (Å²) in [5, 5.41) is 11.3. The van der Waals surface area contributed by atoms with Gasteiger partial charge in [-0.05, 0) is 54.6 Å². The first kappa shape index (κ1) is 36.7. The van der Waals surface area contributed by atoms with E-state index in [9.17, 15) is 34.1 Å². The Hall–Kier alpha value is -3.13. The maximum absolute atomic E-state index is 14.1. The number of hydrogen-bond acceptors (Lipinski definition) is 8. The van der Waals surface area contributed by atoms with E-state index in [2.05, 4.69) is 0 Å². The Labute approximate surface area is 321 Å². The van der Waals surface area contributed by atoms with E-state index in [1.807, 2.05) is 0 Å². The van der Waals surface area contributed by atoms with E-state index >= 15 is 0 Å². The number of Topliss-reactive ketones (excluding diaryl/α,β-unsaturated/α-hetero) is 1. The normalized spacial score (nSPS) is 24.8. The number of halogens is 8. The van der Waals surface area contributed by atoms with Gasteiger partial charge in [0, 0.05) is 23.3 Å². The number of non-ortho nitro benzene ring substituents is 1. The first-order valence-corrected chi connectivity index (χ1v) is 17.0. The molecule has 2 fully saturated rings. The number of rotatable bonds is 8. The molecule has 3 amide bonds. The topological polar surface area (TPSA) is 144 Å². The van der Waals surface area contributed by atoms with Gasteiger partial charge < -0.3 is 4.74 Å². The molecule has 1 saturated carbocycles. The van der Waals surface area contributed by atoms with Crippen molar-refractivity contribution in [2.45, 2.75) is 14.1 Å². The number of benzene rings is 3. The van der Waals surface area contributed by atoms with Gasteiger partial charge in [0.15, 0.2) is 10.1 Å². The summed E-state index contributed by atoms with van der Waals surface area (Å²) in [5.74, 6) is -7.96. The number of nitro groups is 1. The Bertz CT molecular complexity index is 2030. The minimum absolute atomic E-state index is 0.00792. The number of ether oxygens (including phenoxy) is 1. The quantitative estimate of drug-likeness (QED) is 0.0425. The number of esters is 1. The van der Waals surface area contributed by atoms with Crippen LogP contribution in [0.3, 0.4) is 0 Å². The van der Waals surface area contributed by atoms with E-state index in [1.54, 1.807) is 0 Å². The molecule has 1 aliphatic heterocycles. The highest BCUT2D eigenvalue weighted by Crippen LogP contribution is 2.77. The molecule has 1 saturated heterocycles. The van der Waals surface area contributed by atoms with Gasteiger partial charge in [0.2, 0.25) is 0 Å². The van der Waals surface area contributed by atoms with Crippen LogP contribution in [0, 0.1) is 22.0 Å². The Morgan fingerprint density at radius 1 is 0.760 bits per heavy atom. The van der Waals surface area contributed by atoms with Crippen LogP contribution in [0.15, 0.2) is 76.8 Å². The zero-order valence-corrected chi connectivity index (χ0v) is 30.4. The summed E-state index contributed by atoms with van der Waals surface area (Å²) >= 11 is 51.7. The maximum atomic E-state index is 14.1. The lowest BCUT2D eigenvalue weighted by Crippen LogP contribution is -2.56. The van der Waals surface area contributed by atoms with Gasteiger partial charge in [-0.25, -0.2) is 9.80 Å². The number of nitrogens with zero attached hydrogens (tertiary/aromatic N) is 3. The average Bonchev–Trinajstić information content (AvgIpc) is 3.47. The van der Waals surface area contributed by atoms with E-state index < -0.39 is 66.9 Å². The molecule has 3 aromatic rings. The van der Waals surface area contributed by atoms with Gasteiger partial charge in [-0.1, -0.05) is 69.6 Å². The molecular formula is C31H15Cl8N3O8. The number of carbonyl (C=O) groups excluding carboxylic acids is 5. The van der Waals surface area contributed by atoms with Crippen LogP contribution in [-0.2, 0) is 9.59 Å². The molecule has 258 valence electrons. The molecule has 3 aromatic carbocycles. The molecule has 0 radical (unpaired) electrons. The number of hydrogen-bond donors (Lipinski definition) is 0. The van der Waals surface area contributed by atoms with Gasteiger partial charge in [0.1, 0.15) is 22.0 Å². The SMILES string of the molecule is O=C(CN(C(=O)c1ccc(Cl)c(Cl)c1)N1C(=O)[C@@H]2[C@@H](C1=O)[C@@]1(Cl)C(Cl)=C(Cl)[C@@]2(Cl)C1(Cl)Cl)c1ccc(OC(=O)c2ccc([N+](=O)[O-])cc2)cc1. The molecule has 0 N–H and O–H groups in total. The highest BCUT2D eigenvalue weighted by Gasteiger charge is 2.88. The zero-order valence-electron chi connectivity index (χ0n) is 24.3. The standard InChI is InChI=1S/C31H15Cl8N3O8/c32-18-10-5-15(11-19(18)33)25(44)40(41-26(45)21-22(27(41)46)30(37)24(35)23(34)29(21,36)31(30,38)39)12-20(43)13-3-8-17(9-4-13)50-28(47)14-1-6-16(7-2-14)42(48)49/h1-11,21-22H,12H2/t21-,22-,29+,30+/m0/s1. The van der Waals surface area contributed by atoms with Crippen LogP contribution >= 0.6 is 92.8 Å². The summed E-state index contributed by atoms with van der Waals surface area (Å²) in [6.07, 6.45) is 0. The smallest absolute Gasteiger partial charge is 0.343 e. The number of allylic oxidation sites excluding steroid dienone is 2. The Morgan fingerprint density at radius 2 is 1.26 bits per heavy atom. The van der Waals surface area contributed by atoms with Crippen molar-refractivity contribution in [1.29, 1.82) is 0 Å². The molecule has 1 heterocycles. The highest BCUT2D eigenvalue weighted by molar-refractivity contribution is 6.67. The fraction of sp³-hybridized carbons (Fsp3) is 0.194. The van der Waals surface area contributed by atoms with Crippen molar-refractivity contribution in [2.75, 3.05) is 6.54 Å². The lowest BCUT2D eigenvalue weighted by atomic mass is 9.84. The van der Waals surface area contributed by atoms with Crippen molar-refractivity contribution in [1.82, 2.24) is 10.0 Å². The third-order valence-electron chi connectivity index (χ3n) is 8.52. The second-order valence-electron chi connectivity index (χ2n) is 11.2. The Balaban J connectivity index is 1.30. The second kappa shape index (κ2) is 12.8. The first-order valence-electron chi connectivity index (χ1n) is 13.9. The number of amides is 3. The van der Waals surface area contributed by atoms with Crippen molar-refractivity contribution >= 4 is 128 Å². The van der Waals surface area contributed by atoms with Gasteiger partial charge in [-0.2, -0.15) is 5.01 Å². The fourth-order valence-corrected chi connectivity index (χ4v) is 9.28. The van der Waals surface area contributed by atoms with E-state index in [0.29, 0.717) is 10.0 Å². The van der Waals surface area contributed by atoms with Crippen LogP contribution in [-0.4, -0.2) is 65.0 Å². The Kier molecular flexibility index (Phi) is 9.40. The largest absolute Gasteiger partial charge is 0.423 e. The lowest BCUT2D eigenvalue weighted by molar-refractivity contribution is -0.384. The number of carbonyl (C=O) groups is 5. The Morgan fingerprint density at radius 3 is 1.76 bits per heavy atom. The molecule has 2 aliphatic carbocycles.